The fourth-order valence-corrected chi connectivity index (χ4v) is 5.58. The van der Waals surface area contributed by atoms with Crippen LogP contribution in [0.2, 0.25) is 10.0 Å². The molecule has 0 spiro atoms. The molecule has 0 saturated heterocycles. The molecule has 54 heavy (non-hydrogen) atoms. The smallest absolute Gasteiger partial charge is 0.463 e. The molecule has 0 bridgehead atoms. The quantitative estimate of drug-likeness (QED) is 0.0252. The normalized spacial score (nSPS) is 14.8. The van der Waals surface area contributed by atoms with Crippen LogP contribution in [0, 0.1) is 11.8 Å². The molecule has 0 heterocycles. The van der Waals surface area contributed by atoms with Gasteiger partial charge in [0.2, 0.25) is 23.1 Å². The molecule has 288 valence electrons. The lowest BCUT2D eigenvalue weighted by molar-refractivity contribution is -0.138. The van der Waals surface area contributed by atoms with Crippen molar-refractivity contribution >= 4 is 70.6 Å². The second-order valence-corrected chi connectivity index (χ2v) is 12.6. The minimum Gasteiger partial charge on any atom is -0.463 e. The van der Waals surface area contributed by atoms with Gasteiger partial charge in [0, 0.05) is 35.1 Å². The standard InChI is InChI=1S/C38H38Cl2O14/c1-3-31(41)49-17-5-7-19-51-37(47)53-29-15-13-25(21-27(29)39)35(45)33(43)23-9-11-24(12-10-23)34(44)36(46)26-14-16-30(28(40)22-26)54-38(48)52-20-8-6-18-50-32(42)4-2/h3-4,13-16,21-24H,1-2,5-12,17-20H2. The average Bonchev–Trinajstić information content (AvgIpc) is 3.17. The number of ketones is 4. The Labute approximate surface area is 320 Å². The van der Waals surface area contributed by atoms with E-state index in [1.807, 2.05) is 0 Å². The first-order valence-electron chi connectivity index (χ1n) is 16.9. The van der Waals surface area contributed by atoms with Crippen molar-refractivity contribution in [1.82, 2.24) is 0 Å². The van der Waals surface area contributed by atoms with E-state index in [2.05, 4.69) is 13.2 Å². The maximum Gasteiger partial charge on any atom is 0.513 e. The van der Waals surface area contributed by atoms with Crippen LogP contribution >= 0.6 is 23.2 Å². The van der Waals surface area contributed by atoms with Gasteiger partial charge in [-0.1, -0.05) is 36.4 Å². The van der Waals surface area contributed by atoms with Crippen LogP contribution in [-0.4, -0.2) is 73.8 Å². The van der Waals surface area contributed by atoms with Gasteiger partial charge < -0.3 is 28.4 Å². The highest BCUT2D eigenvalue weighted by Gasteiger charge is 2.35. The zero-order valence-corrected chi connectivity index (χ0v) is 30.7. The Morgan fingerprint density at radius 3 is 1.20 bits per heavy atom. The van der Waals surface area contributed by atoms with Crippen molar-refractivity contribution in [3.05, 3.63) is 82.9 Å². The van der Waals surface area contributed by atoms with Crippen LogP contribution in [0.1, 0.15) is 72.1 Å². The van der Waals surface area contributed by atoms with Gasteiger partial charge in [-0.05, 0) is 87.8 Å². The van der Waals surface area contributed by atoms with Gasteiger partial charge in [0.05, 0.1) is 36.5 Å². The zero-order valence-electron chi connectivity index (χ0n) is 29.1. The lowest BCUT2D eigenvalue weighted by atomic mass is 9.76. The van der Waals surface area contributed by atoms with Crippen LogP contribution in [0.3, 0.4) is 0 Å². The SMILES string of the molecule is C=CC(=O)OCCCCOC(=O)Oc1ccc(C(=O)C(=O)C2CCC(C(=O)C(=O)c3ccc(OC(=O)OCCCCOC(=O)C=C)c(Cl)c3)CC2)cc1Cl. The maximum atomic E-state index is 13.1. The third-order valence-corrected chi connectivity index (χ3v) is 8.62. The lowest BCUT2D eigenvalue weighted by Gasteiger charge is -2.26. The molecule has 0 N–H and O–H groups in total. The molecule has 0 amide bonds. The summed E-state index contributed by atoms with van der Waals surface area (Å²) in [7, 11) is 0. The van der Waals surface area contributed by atoms with Crippen LogP contribution in [0.5, 0.6) is 11.5 Å². The van der Waals surface area contributed by atoms with E-state index < -0.39 is 59.2 Å². The van der Waals surface area contributed by atoms with E-state index in [0.29, 0.717) is 25.7 Å². The van der Waals surface area contributed by atoms with Crippen LogP contribution in [0.15, 0.2) is 61.7 Å². The average molecular weight is 790 g/mol. The highest BCUT2D eigenvalue weighted by atomic mass is 35.5. The molecule has 0 atom stereocenters. The second kappa shape index (κ2) is 22.0. The summed E-state index contributed by atoms with van der Waals surface area (Å²) in [6.07, 6.45) is 2.47. The maximum absolute atomic E-state index is 13.1. The molecule has 2 aromatic carbocycles. The molecule has 0 aliphatic heterocycles. The van der Waals surface area contributed by atoms with Gasteiger partial charge in [-0.3, -0.25) is 19.2 Å². The summed E-state index contributed by atoms with van der Waals surface area (Å²) < 4.78 is 29.7. The van der Waals surface area contributed by atoms with Crippen molar-refractivity contribution in [3.8, 4) is 11.5 Å². The number of carbonyl (C=O) groups excluding carboxylic acids is 8. The third-order valence-electron chi connectivity index (χ3n) is 8.03. The Balaban J connectivity index is 1.43. The zero-order chi connectivity index (χ0) is 39.6. The number of hydrogen-bond donors (Lipinski definition) is 0. The fraction of sp³-hybridized carbons (Fsp3) is 0.368. The third kappa shape index (κ3) is 13.6. The molecule has 1 aliphatic carbocycles. The van der Waals surface area contributed by atoms with Gasteiger partial charge in [-0.25, -0.2) is 19.2 Å². The first-order valence-corrected chi connectivity index (χ1v) is 17.6. The predicted octanol–water partition coefficient (Wildman–Crippen LogP) is 7.05. The number of carbonyl (C=O) groups is 8. The Morgan fingerprint density at radius 1 is 0.556 bits per heavy atom. The number of benzene rings is 2. The Bertz CT molecular complexity index is 1630. The van der Waals surface area contributed by atoms with Gasteiger partial charge in [0.25, 0.3) is 0 Å². The summed E-state index contributed by atoms with van der Waals surface area (Å²) in [6.45, 7) is 6.83. The van der Waals surface area contributed by atoms with E-state index in [-0.39, 0.29) is 84.8 Å². The first kappa shape index (κ1) is 43.1. The minimum absolute atomic E-state index is 0.00562. The van der Waals surface area contributed by atoms with E-state index in [1.54, 1.807) is 0 Å². The van der Waals surface area contributed by atoms with E-state index >= 15 is 0 Å². The van der Waals surface area contributed by atoms with Crippen molar-refractivity contribution in [2.75, 3.05) is 26.4 Å². The number of esters is 2. The molecule has 1 aliphatic rings. The fourth-order valence-electron chi connectivity index (χ4n) is 5.14. The van der Waals surface area contributed by atoms with Crippen molar-refractivity contribution in [1.29, 1.82) is 0 Å². The topological polar surface area (TPSA) is 192 Å². The van der Waals surface area contributed by atoms with Crippen LogP contribution < -0.4 is 9.47 Å². The summed E-state index contributed by atoms with van der Waals surface area (Å²) in [4.78, 5) is 98.2. The molecule has 0 aromatic heterocycles. The summed E-state index contributed by atoms with van der Waals surface area (Å²) in [5.41, 5.74) is -0.0380. The molecule has 3 rings (SSSR count). The van der Waals surface area contributed by atoms with Crippen molar-refractivity contribution < 1.29 is 66.8 Å². The Hall–Kier alpha value is -5.34. The van der Waals surface area contributed by atoms with Crippen molar-refractivity contribution in [3.63, 3.8) is 0 Å². The van der Waals surface area contributed by atoms with E-state index in [0.717, 1.165) is 12.2 Å². The van der Waals surface area contributed by atoms with Crippen LogP contribution in [-0.2, 0) is 38.1 Å². The second-order valence-electron chi connectivity index (χ2n) is 11.8. The minimum atomic E-state index is -1.04. The molecular formula is C38H38Cl2O14. The van der Waals surface area contributed by atoms with E-state index in [9.17, 15) is 38.4 Å². The molecule has 14 nitrogen and oxygen atoms in total. The van der Waals surface area contributed by atoms with E-state index in [1.165, 1.54) is 36.4 Å². The molecule has 2 aromatic rings. The largest absolute Gasteiger partial charge is 0.513 e. The molecule has 0 unspecified atom stereocenters. The Morgan fingerprint density at radius 2 is 0.889 bits per heavy atom. The van der Waals surface area contributed by atoms with Gasteiger partial charge in [-0.15, -0.1) is 0 Å². The van der Waals surface area contributed by atoms with Gasteiger partial charge >= 0.3 is 24.2 Å². The molecule has 0 radical (unpaired) electrons. The number of rotatable bonds is 20. The highest BCUT2D eigenvalue weighted by Crippen LogP contribution is 2.33. The van der Waals surface area contributed by atoms with E-state index in [4.69, 9.17) is 51.6 Å². The molecule has 16 heteroatoms. The number of halogens is 2. The predicted molar refractivity (Wildman–Crippen MR) is 192 cm³/mol. The van der Waals surface area contributed by atoms with Crippen molar-refractivity contribution in [2.45, 2.75) is 51.4 Å². The number of hydrogen-bond acceptors (Lipinski definition) is 14. The first-order chi connectivity index (χ1) is 25.8. The number of Topliss-reactive ketones (excluding diaryl/α,β-unsaturated/α-hetero) is 4. The highest BCUT2D eigenvalue weighted by molar-refractivity contribution is 6.46. The van der Waals surface area contributed by atoms with Crippen molar-refractivity contribution in [2.24, 2.45) is 11.8 Å². The van der Waals surface area contributed by atoms with Gasteiger partial charge in [-0.2, -0.15) is 0 Å². The summed E-state index contributed by atoms with van der Waals surface area (Å²) in [5.74, 6) is -5.60. The molecular weight excluding hydrogens is 751 g/mol. The van der Waals surface area contributed by atoms with Crippen LogP contribution in [0.25, 0.3) is 0 Å². The van der Waals surface area contributed by atoms with Gasteiger partial charge in [0.15, 0.2) is 11.5 Å². The molecule has 1 saturated carbocycles. The number of ether oxygens (including phenoxy) is 6. The summed E-state index contributed by atoms with van der Waals surface area (Å²) in [5, 5.41) is -0.210. The summed E-state index contributed by atoms with van der Waals surface area (Å²) in [6, 6.07) is 7.49. The van der Waals surface area contributed by atoms with Gasteiger partial charge in [0.1, 0.15) is 0 Å². The monoisotopic (exact) mass is 788 g/mol. The Kier molecular flexibility index (Phi) is 17.6. The lowest BCUT2D eigenvalue weighted by Crippen LogP contribution is -2.32. The van der Waals surface area contributed by atoms with Crippen LogP contribution in [0.4, 0.5) is 9.59 Å². The summed E-state index contributed by atoms with van der Waals surface area (Å²) >= 11 is 12.4. The number of unbranched alkanes of at least 4 members (excludes halogenated alkanes) is 2. The molecule has 1 fully saturated rings.